The molecule has 3 N–H and O–H groups in total. The average Bonchev–Trinajstić information content (AvgIpc) is 2.56. The van der Waals surface area contributed by atoms with Gasteiger partial charge < -0.3 is 20.2 Å². The van der Waals surface area contributed by atoms with Gasteiger partial charge in [0.25, 0.3) is 0 Å². The van der Waals surface area contributed by atoms with Crippen LogP contribution in [-0.4, -0.2) is 32.0 Å². The maximum absolute atomic E-state index is 11.2. The van der Waals surface area contributed by atoms with Crippen molar-refractivity contribution in [2.45, 2.75) is 25.7 Å². The van der Waals surface area contributed by atoms with Gasteiger partial charge in [0, 0.05) is 25.0 Å². The zero-order valence-electron chi connectivity index (χ0n) is 9.00. The number of unbranched alkanes of at least 4 members (excludes halogenated alkanes) is 1. The Morgan fingerprint density at radius 3 is 2.18 bits per heavy atom. The van der Waals surface area contributed by atoms with Gasteiger partial charge in [0.2, 0.25) is 11.8 Å². The van der Waals surface area contributed by atoms with Gasteiger partial charge in [-0.2, -0.15) is 0 Å². The molecule has 1 heterocycles. The predicted molar refractivity (Wildman–Crippen MR) is 55.5 cm³/mol. The SMILES string of the molecule is O=C(O)CCCCC(=O)On1c(O)ccc1O. The summed E-state index contributed by atoms with van der Waals surface area (Å²) in [4.78, 5) is 26.1. The quantitative estimate of drug-likeness (QED) is 0.628. The van der Waals surface area contributed by atoms with Crippen LogP contribution in [0.5, 0.6) is 11.8 Å². The van der Waals surface area contributed by atoms with Crippen molar-refractivity contribution in [1.29, 1.82) is 0 Å². The first-order valence-electron chi connectivity index (χ1n) is 5.03. The van der Waals surface area contributed by atoms with Crippen LogP contribution in [0.4, 0.5) is 0 Å². The van der Waals surface area contributed by atoms with Crippen LogP contribution in [0.25, 0.3) is 0 Å². The van der Waals surface area contributed by atoms with Gasteiger partial charge in [0.15, 0.2) is 0 Å². The molecule has 17 heavy (non-hydrogen) atoms. The highest BCUT2D eigenvalue weighted by Crippen LogP contribution is 2.18. The number of aliphatic carboxylic acids is 1. The van der Waals surface area contributed by atoms with Crippen LogP contribution in [0.2, 0.25) is 0 Å². The summed E-state index contributed by atoms with van der Waals surface area (Å²) in [6.07, 6.45) is 0.750. The van der Waals surface area contributed by atoms with E-state index in [2.05, 4.69) is 4.84 Å². The van der Waals surface area contributed by atoms with Crippen LogP contribution in [0.15, 0.2) is 12.1 Å². The van der Waals surface area contributed by atoms with Gasteiger partial charge >= 0.3 is 11.9 Å². The lowest BCUT2D eigenvalue weighted by Gasteiger charge is -2.06. The summed E-state index contributed by atoms with van der Waals surface area (Å²) in [6.45, 7) is 0. The first kappa shape index (κ1) is 12.9. The van der Waals surface area contributed by atoms with Gasteiger partial charge in [-0.05, 0) is 12.8 Å². The number of aromatic hydroxyl groups is 2. The lowest BCUT2D eigenvalue weighted by molar-refractivity contribution is -0.146. The number of carbonyl (C=O) groups excluding carboxylic acids is 1. The molecule has 0 aliphatic carbocycles. The van der Waals surface area contributed by atoms with Crippen molar-refractivity contribution in [2.24, 2.45) is 0 Å². The third-order valence-corrected chi connectivity index (χ3v) is 2.01. The molecule has 0 aliphatic heterocycles. The fourth-order valence-corrected chi connectivity index (χ4v) is 1.19. The van der Waals surface area contributed by atoms with E-state index in [9.17, 15) is 19.8 Å². The van der Waals surface area contributed by atoms with Crippen LogP contribution in [-0.2, 0) is 9.59 Å². The normalized spacial score (nSPS) is 10.1. The van der Waals surface area contributed by atoms with Crippen LogP contribution in [0, 0.1) is 0 Å². The van der Waals surface area contributed by atoms with E-state index in [0.29, 0.717) is 17.6 Å². The van der Waals surface area contributed by atoms with E-state index < -0.39 is 11.9 Å². The number of rotatable bonds is 6. The molecule has 0 atom stereocenters. The van der Waals surface area contributed by atoms with E-state index in [1.165, 1.54) is 12.1 Å². The number of aromatic nitrogens is 1. The fraction of sp³-hybridized carbons (Fsp3) is 0.400. The van der Waals surface area contributed by atoms with Crippen molar-refractivity contribution in [3.63, 3.8) is 0 Å². The molecule has 7 heteroatoms. The second-order valence-electron chi connectivity index (χ2n) is 3.41. The summed E-state index contributed by atoms with van der Waals surface area (Å²) in [7, 11) is 0. The lowest BCUT2D eigenvalue weighted by atomic mass is 10.2. The van der Waals surface area contributed by atoms with Crippen molar-refractivity contribution >= 4 is 11.9 Å². The average molecular weight is 243 g/mol. The van der Waals surface area contributed by atoms with Gasteiger partial charge in [-0.3, -0.25) is 4.79 Å². The zero-order valence-corrected chi connectivity index (χ0v) is 9.00. The van der Waals surface area contributed by atoms with Gasteiger partial charge in [0.1, 0.15) is 0 Å². The van der Waals surface area contributed by atoms with Crippen LogP contribution < -0.4 is 4.84 Å². The van der Waals surface area contributed by atoms with Crippen LogP contribution in [0.3, 0.4) is 0 Å². The Bertz CT molecular complexity index is 391. The first-order valence-corrected chi connectivity index (χ1v) is 5.03. The monoisotopic (exact) mass is 243 g/mol. The minimum atomic E-state index is -0.918. The van der Waals surface area contributed by atoms with E-state index in [4.69, 9.17) is 5.11 Å². The molecule has 1 aromatic heterocycles. The number of nitrogens with zero attached hydrogens (tertiary/aromatic N) is 1. The largest absolute Gasteiger partial charge is 0.492 e. The van der Waals surface area contributed by atoms with E-state index in [1.54, 1.807) is 0 Å². The zero-order chi connectivity index (χ0) is 12.8. The molecule has 0 saturated carbocycles. The molecule has 0 radical (unpaired) electrons. The highest BCUT2D eigenvalue weighted by Gasteiger charge is 2.11. The maximum Gasteiger partial charge on any atom is 0.333 e. The second kappa shape index (κ2) is 5.78. The Labute approximate surface area is 96.8 Å². The molecule has 7 nitrogen and oxygen atoms in total. The van der Waals surface area contributed by atoms with Crippen LogP contribution in [0.1, 0.15) is 25.7 Å². The Morgan fingerprint density at radius 2 is 1.65 bits per heavy atom. The molecule has 1 rings (SSSR count). The molecule has 0 spiro atoms. The number of hydrogen-bond donors (Lipinski definition) is 3. The number of hydrogen-bond acceptors (Lipinski definition) is 5. The second-order valence-corrected chi connectivity index (χ2v) is 3.41. The molecule has 0 amide bonds. The topological polar surface area (TPSA) is 109 Å². The smallest absolute Gasteiger partial charge is 0.333 e. The van der Waals surface area contributed by atoms with Crippen LogP contribution >= 0.6 is 0 Å². The fourth-order valence-electron chi connectivity index (χ4n) is 1.19. The highest BCUT2D eigenvalue weighted by atomic mass is 16.7. The molecule has 0 aliphatic rings. The van der Waals surface area contributed by atoms with Gasteiger partial charge in [0.05, 0.1) is 0 Å². The molecule has 0 bridgehead atoms. The summed E-state index contributed by atoms with van der Waals surface area (Å²) in [5.41, 5.74) is 0. The molecule has 94 valence electrons. The predicted octanol–water partition coefficient (Wildman–Crippen LogP) is 0.499. The number of carbonyl (C=O) groups is 2. The van der Waals surface area contributed by atoms with Gasteiger partial charge in [-0.15, -0.1) is 4.73 Å². The summed E-state index contributed by atoms with van der Waals surface area (Å²) < 4.78 is 0.597. The Kier molecular flexibility index (Phi) is 4.38. The van der Waals surface area contributed by atoms with Crippen molar-refractivity contribution in [2.75, 3.05) is 0 Å². The minimum absolute atomic E-state index is 0.00665. The van der Waals surface area contributed by atoms with E-state index in [1.807, 2.05) is 0 Å². The molecule has 0 fully saturated rings. The molecular weight excluding hydrogens is 230 g/mol. The standard InChI is InChI=1S/C10H13NO6/c12-7-5-6-8(13)11(7)17-10(16)4-2-1-3-9(14)15/h5-6,12-13H,1-4H2,(H,14,15). The summed E-state index contributed by atoms with van der Waals surface area (Å²) >= 11 is 0. The third kappa shape index (κ3) is 4.06. The van der Waals surface area contributed by atoms with Gasteiger partial charge in [-0.25, -0.2) is 4.79 Å². The summed E-state index contributed by atoms with van der Waals surface area (Å²) in [6, 6.07) is 2.35. The van der Waals surface area contributed by atoms with Crippen molar-refractivity contribution in [3.05, 3.63) is 12.1 Å². The third-order valence-electron chi connectivity index (χ3n) is 2.01. The summed E-state index contributed by atoms with van der Waals surface area (Å²) in [5.74, 6) is -2.35. The van der Waals surface area contributed by atoms with E-state index >= 15 is 0 Å². The van der Waals surface area contributed by atoms with Crippen molar-refractivity contribution in [1.82, 2.24) is 4.73 Å². The Morgan fingerprint density at radius 1 is 1.12 bits per heavy atom. The molecule has 0 saturated heterocycles. The van der Waals surface area contributed by atoms with Gasteiger partial charge in [-0.1, -0.05) is 0 Å². The number of carboxylic acids is 1. The lowest BCUT2D eigenvalue weighted by Crippen LogP contribution is -2.18. The highest BCUT2D eigenvalue weighted by molar-refractivity contribution is 5.70. The minimum Gasteiger partial charge on any atom is -0.492 e. The van der Waals surface area contributed by atoms with E-state index in [-0.39, 0.29) is 24.6 Å². The summed E-state index contributed by atoms with van der Waals surface area (Å²) in [5, 5.41) is 26.7. The molecule has 0 aromatic carbocycles. The molecule has 1 aromatic rings. The number of carboxylic acid groups (broad SMARTS) is 1. The Balaban J connectivity index is 2.33. The maximum atomic E-state index is 11.2. The van der Waals surface area contributed by atoms with E-state index in [0.717, 1.165) is 0 Å². The van der Waals surface area contributed by atoms with Crippen molar-refractivity contribution in [3.8, 4) is 11.8 Å². The molecule has 0 unspecified atom stereocenters. The molecular formula is C10H13NO6. The first-order chi connectivity index (χ1) is 8.00. The van der Waals surface area contributed by atoms with Crippen molar-refractivity contribution < 1.29 is 29.7 Å². The Hall–Kier alpha value is -2.18.